The third-order valence-electron chi connectivity index (χ3n) is 5.01. The van der Waals surface area contributed by atoms with Gasteiger partial charge in [-0.2, -0.15) is 0 Å². The van der Waals surface area contributed by atoms with E-state index in [4.69, 9.17) is 4.74 Å². The molecule has 4 N–H and O–H groups in total. The van der Waals surface area contributed by atoms with Crippen LogP contribution in [0.1, 0.15) is 24.0 Å². The standard InChI is InChI=1S/C26H26BrN5O5/c27-20-11-12-22(28-16-20)30-24(34)14-13-23(33)29-21(15-18-7-3-1-4-8-18)25(35)31-32-26(36)37-17-19-9-5-2-6-10-19/h1-12,16,21H,13-15,17H2,(H,29,33)(H,31,35)(H,32,36)(H,28,30,34). The summed E-state index contributed by atoms with van der Waals surface area (Å²) in [5, 5.41) is 5.23. The first-order chi connectivity index (χ1) is 17.9. The summed E-state index contributed by atoms with van der Waals surface area (Å²) >= 11 is 3.26. The number of hydrazine groups is 1. The van der Waals surface area contributed by atoms with E-state index in [0.717, 1.165) is 15.6 Å². The number of nitrogens with zero attached hydrogens (tertiary/aromatic N) is 1. The summed E-state index contributed by atoms with van der Waals surface area (Å²) in [6.45, 7) is 0.0323. The minimum Gasteiger partial charge on any atom is -0.443 e. The second-order valence-corrected chi connectivity index (χ2v) is 8.81. The van der Waals surface area contributed by atoms with Gasteiger partial charge in [-0.25, -0.2) is 15.2 Å². The van der Waals surface area contributed by atoms with Crippen molar-refractivity contribution >= 4 is 45.6 Å². The number of halogens is 1. The van der Waals surface area contributed by atoms with E-state index in [1.165, 1.54) is 0 Å². The molecule has 3 rings (SSSR count). The lowest BCUT2D eigenvalue weighted by Crippen LogP contribution is -2.53. The lowest BCUT2D eigenvalue weighted by Gasteiger charge is -2.19. The van der Waals surface area contributed by atoms with Gasteiger partial charge in [0.2, 0.25) is 11.8 Å². The van der Waals surface area contributed by atoms with Crippen LogP contribution in [0.15, 0.2) is 83.5 Å². The fourth-order valence-corrected chi connectivity index (χ4v) is 3.40. The monoisotopic (exact) mass is 567 g/mol. The Balaban J connectivity index is 1.50. The fourth-order valence-electron chi connectivity index (χ4n) is 3.17. The number of pyridine rings is 1. The van der Waals surface area contributed by atoms with Crippen molar-refractivity contribution < 1.29 is 23.9 Å². The van der Waals surface area contributed by atoms with Crippen LogP contribution < -0.4 is 21.5 Å². The molecule has 0 aliphatic rings. The summed E-state index contributed by atoms with van der Waals surface area (Å²) in [6.07, 6.45) is 0.621. The second-order valence-electron chi connectivity index (χ2n) is 7.90. The summed E-state index contributed by atoms with van der Waals surface area (Å²) in [4.78, 5) is 53.5. The maximum atomic E-state index is 12.8. The summed E-state index contributed by atoms with van der Waals surface area (Å²) < 4.78 is 5.84. The number of ether oxygens (including phenoxy) is 1. The SMILES string of the molecule is O=C(CCC(=O)NC(Cc1ccccc1)C(=O)NNC(=O)OCc1ccccc1)Nc1ccc(Br)cn1. The highest BCUT2D eigenvalue weighted by atomic mass is 79.9. The summed E-state index contributed by atoms with van der Waals surface area (Å²) in [7, 11) is 0. The zero-order chi connectivity index (χ0) is 26.5. The Morgan fingerprint density at radius 2 is 1.46 bits per heavy atom. The van der Waals surface area contributed by atoms with E-state index in [9.17, 15) is 19.2 Å². The molecule has 0 fully saturated rings. The van der Waals surface area contributed by atoms with Crippen LogP contribution in [0.2, 0.25) is 0 Å². The molecule has 0 radical (unpaired) electrons. The van der Waals surface area contributed by atoms with Gasteiger partial charge in [0.15, 0.2) is 0 Å². The van der Waals surface area contributed by atoms with Gasteiger partial charge < -0.3 is 15.4 Å². The number of rotatable bonds is 10. The van der Waals surface area contributed by atoms with Crippen LogP contribution in [0.5, 0.6) is 0 Å². The van der Waals surface area contributed by atoms with Gasteiger partial charge in [-0.3, -0.25) is 19.8 Å². The number of benzene rings is 2. The van der Waals surface area contributed by atoms with E-state index in [1.54, 1.807) is 30.5 Å². The van der Waals surface area contributed by atoms with Crippen molar-refractivity contribution in [3.05, 3.63) is 94.6 Å². The minimum atomic E-state index is -1.000. The van der Waals surface area contributed by atoms with Crippen LogP contribution in [-0.4, -0.2) is 34.8 Å². The van der Waals surface area contributed by atoms with Crippen molar-refractivity contribution in [3.8, 4) is 0 Å². The number of hydrogen-bond acceptors (Lipinski definition) is 6. The molecule has 3 aromatic rings. The van der Waals surface area contributed by atoms with Crippen molar-refractivity contribution in [1.29, 1.82) is 0 Å². The van der Waals surface area contributed by atoms with Crippen molar-refractivity contribution in [1.82, 2.24) is 21.2 Å². The van der Waals surface area contributed by atoms with Crippen LogP contribution in [-0.2, 0) is 32.1 Å². The Labute approximate surface area is 222 Å². The number of hydrogen-bond donors (Lipinski definition) is 4. The molecular weight excluding hydrogens is 542 g/mol. The van der Waals surface area contributed by atoms with Gasteiger partial charge in [0.05, 0.1) is 0 Å². The maximum Gasteiger partial charge on any atom is 0.426 e. The van der Waals surface area contributed by atoms with Gasteiger partial charge in [-0.15, -0.1) is 0 Å². The topological polar surface area (TPSA) is 139 Å². The first kappa shape index (κ1) is 27.3. The lowest BCUT2D eigenvalue weighted by molar-refractivity contribution is -0.130. The van der Waals surface area contributed by atoms with E-state index < -0.39 is 29.9 Å². The molecule has 1 atom stereocenters. The number of carbonyl (C=O) groups is 4. The number of carbonyl (C=O) groups excluding carboxylic acids is 4. The Kier molecular flexibility index (Phi) is 10.6. The average Bonchev–Trinajstić information content (AvgIpc) is 2.91. The Morgan fingerprint density at radius 3 is 2.11 bits per heavy atom. The molecule has 0 bridgehead atoms. The highest BCUT2D eigenvalue weighted by molar-refractivity contribution is 9.10. The van der Waals surface area contributed by atoms with Gasteiger partial charge in [-0.05, 0) is 39.2 Å². The Morgan fingerprint density at radius 1 is 0.811 bits per heavy atom. The Hall–Kier alpha value is -4.25. The van der Waals surface area contributed by atoms with Crippen LogP contribution in [0, 0.1) is 0 Å². The summed E-state index contributed by atoms with van der Waals surface area (Å²) in [5.41, 5.74) is 6.05. The van der Waals surface area contributed by atoms with Crippen LogP contribution >= 0.6 is 15.9 Å². The van der Waals surface area contributed by atoms with Crippen LogP contribution in [0.3, 0.4) is 0 Å². The number of anilines is 1. The molecule has 0 aliphatic heterocycles. The smallest absolute Gasteiger partial charge is 0.426 e. The molecule has 4 amide bonds. The molecule has 0 aliphatic carbocycles. The molecule has 0 spiro atoms. The van der Waals surface area contributed by atoms with Crippen molar-refractivity contribution in [2.75, 3.05) is 5.32 Å². The molecular formula is C26H26BrN5O5. The number of amides is 4. The predicted octanol–water partition coefficient (Wildman–Crippen LogP) is 3.25. The summed E-state index contributed by atoms with van der Waals surface area (Å²) in [6, 6.07) is 20.5. The van der Waals surface area contributed by atoms with E-state index in [-0.39, 0.29) is 25.9 Å². The number of aromatic nitrogens is 1. The zero-order valence-corrected chi connectivity index (χ0v) is 21.4. The number of nitrogens with one attached hydrogen (secondary N) is 4. The third kappa shape index (κ3) is 10.1. The molecule has 1 heterocycles. The zero-order valence-electron chi connectivity index (χ0n) is 19.8. The second kappa shape index (κ2) is 14.3. The molecule has 192 valence electrons. The first-order valence-electron chi connectivity index (χ1n) is 11.4. The molecule has 1 aromatic heterocycles. The molecule has 10 nitrogen and oxygen atoms in total. The van der Waals surface area contributed by atoms with Gasteiger partial charge in [0, 0.05) is 29.9 Å². The first-order valence-corrected chi connectivity index (χ1v) is 12.2. The van der Waals surface area contributed by atoms with Gasteiger partial charge in [-0.1, -0.05) is 60.7 Å². The highest BCUT2D eigenvalue weighted by Crippen LogP contribution is 2.11. The summed E-state index contributed by atoms with van der Waals surface area (Å²) in [5.74, 6) is -1.17. The van der Waals surface area contributed by atoms with Crippen molar-refractivity contribution in [3.63, 3.8) is 0 Å². The minimum absolute atomic E-state index is 0.0323. The predicted molar refractivity (Wildman–Crippen MR) is 140 cm³/mol. The molecule has 0 saturated heterocycles. The molecule has 1 unspecified atom stereocenters. The van der Waals surface area contributed by atoms with Gasteiger partial charge >= 0.3 is 6.09 Å². The largest absolute Gasteiger partial charge is 0.443 e. The molecule has 2 aromatic carbocycles. The molecule has 37 heavy (non-hydrogen) atoms. The van der Waals surface area contributed by atoms with E-state index >= 15 is 0 Å². The quantitative estimate of drug-likeness (QED) is 0.277. The highest BCUT2D eigenvalue weighted by Gasteiger charge is 2.22. The average molecular weight is 568 g/mol. The third-order valence-corrected chi connectivity index (χ3v) is 5.48. The Bertz CT molecular complexity index is 1190. The molecule has 0 saturated carbocycles. The fraction of sp³-hybridized carbons (Fsp3) is 0.192. The van der Waals surface area contributed by atoms with Gasteiger partial charge in [0.25, 0.3) is 5.91 Å². The normalized spacial score (nSPS) is 11.1. The van der Waals surface area contributed by atoms with E-state index in [0.29, 0.717) is 5.82 Å². The van der Waals surface area contributed by atoms with E-state index in [2.05, 4.69) is 42.4 Å². The lowest BCUT2D eigenvalue weighted by atomic mass is 10.1. The van der Waals surface area contributed by atoms with Crippen LogP contribution in [0.4, 0.5) is 10.6 Å². The van der Waals surface area contributed by atoms with Crippen LogP contribution in [0.25, 0.3) is 0 Å². The maximum absolute atomic E-state index is 12.8. The van der Waals surface area contributed by atoms with E-state index in [1.807, 2.05) is 48.5 Å². The van der Waals surface area contributed by atoms with Gasteiger partial charge in [0.1, 0.15) is 18.5 Å². The molecule has 11 heteroatoms. The van der Waals surface area contributed by atoms with Crippen molar-refractivity contribution in [2.24, 2.45) is 0 Å². The van der Waals surface area contributed by atoms with Crippen molar-refractivity contribution in [2.45, 2.75) is 31.9 Å².